The van der Waals surface area contributed by atoms with Crippen LogP contribution < -0.4 is 0 Å². The third-order valence-corrected chi connectivity index (χ3v) is 4.28. The Hall–Kier alpha value is -1.34. The first kappa shape index (κ1) is 18.7. The van der Waals surface area contributed by atoms with Crippen molar-refractivity contribution >= 4 is 0 Å². The molecule has 1 aliphatic rings. The van der Waals surface area contributed by atoms with Crippen molar-refractivity contribution in [1.29, 1.82) is 0 Å². The Bertz CT molecular complexity index is 522. The second-order valence-electron chi connectivity index (χ2n) is 7.19. The molecule has 1 N–H and O–H groups in total. The minimum Gasteiger partial charge on any atom is -0.389 e. The summed E-state index contributed by atoms with van der Waals surface area (Å²) in [6.07, 6.45) is 16.0. The van der Waals surface area contributed by atoms with Crippen molar-refractivity contribution in [3.05, 3.63) is 58.7 Å². The molecular formula is C21H32O. The number of aliphatic hydroxyl groups is 1. The second kappa shape index (κ2) is 8.33. The third-order valence-electron chi connectivity index (χ3n) is 4.28. The molecule has 0 amide bonds. The molecule has 122 valence electrons. The van der Waals surface area contributed by atoms with Gasteiger partial charge in [0.2, 0.25) is 0 Å². The van der Waals surface area contributed by atoms with Crippen LogP contribution in [0.1, 0.15) is 60.8 Å². The van der Waals surface area contributed by atoms with E-state index in [9.17, 15) is 5.11 Å². The first-order chi connectivity index (χ1) is 10.2. The predicted molar refractivity (Wildman–Crippen MR) is 97.8 cm³/mol. The van der Waals surface area contributed by atoms with Gasteiger partial charge in [-0.05, 0) is 57.9 Å². The van der Waals surface area contributed by atoms with E-state index in [4.69, 9.17) is 0 Å². The molecule has 1 heteroatoms. The molecule has 0 fully saturated rings. The molecule has 0 heterocycles. The van der Waals surface area contributed by atoms with Crippen molar-refractivity contribution in [3.63, 3.8) is 0 Å². The van der Waals surface area contributed by atoms with Crippen molar-refractivity contribution in [2.75, 3.05) is 0 Å². The molecule has 0 aromatic rings. The zero-order valence-corrected chi connectivity index (χ0v) is 15.1. The predicted octanol–water partition coefficient (Wildman–Crippen LogP) is 5.90. The molecule has 0 saturated carbocycles. The fraction of sp³-hybridized carbons (Fsp3) is 0.524. The Labute approximate surface area is 136 Å². The van der Waals surface area contributed by atoms with Crippen LogP contribution >= 0.6 is 0 Å². The van der Waals surface area contributed by atoms with Crippen molar-refractivity contribution in [1.82, 2.24) is 0 Å². The molecule has 0 spiro atoms. The lowest BCUT2D eigenvalue weighted by Gasteiger charge is -2.32. The number of hydrogen-bond acceptors (Lipinski definition) is 1. The van der Waals surface area contributed by atoms with Crippen LogP contribution in [0.2, 0.25) is 0 Å². The smallest absolute Gasteiger partial charge is 0.0698 e. The van der Waals surface area contributed by atoms with Crippen LogP contribution in [-0.4, -0.2) is 11.2 Å². The van der Waals surface area contributed by atoms with Crippen LogP contribution in [0.5, 0.6) is 0 Å². The van der Waals surface area contributed by atoms with E-state index in [0.29, 0.717) is 5.41 Å². The van der Waals surface area contributed by atoms with Crippen LogP contribution in [0.4, 0.5) is 0 Å². The summed E-state index contributed by atoms with van der Waals surface area (Å²) in [6, 6.07) is 0. The maximum absolute atomic E-state index is 9.29. The topological polar surface area (TPSA) is 20.2 Å². The lowest BCUT2D eigenvalue weighted by atomic mass is 9.72. The summed E-state index contributed by atoms with van der Waals surface area (Å²) in [7, 11) is 0. The van der Waals surface area contributed by atoms with Crippen LogP contribution in [0.3, 0.4) is 0 Å². The Morgan fingerprint density at radius 3 is 2.45 bits per heavy atom. The normalized spacial score (nSPS) is 22.0. The molecule has 1 rings (SSSR count). The van der Waals surface area contributed by atoms with Gasteiger partial charge in [0.05, 0.1) is 6.10 Å². The average Bonchev–Trinajstić information content (AvgIpc) is 2.36. The Morgan fingerprint density at radius 1 is 1.18 bits per heavy atom. The lowest BCUT2D eigenvalue weighted by molar-refractivity contribution is 0.243. The molecule has 0 saturated heterocycles. The van der Waals surface area contributed by atoms with Gasteiger partial charge in [0, 0.05) is 0 Å². The standard InChI is InChI=1S/C21H32O/c1-16(9-7-10-17(2)15-19(4)22)12-13-20-18(3)11-8-14-21(20,5)6/h7,9-10,12-13,15,19,22H,8,11,14H2,1-6H3/b10-7+,13-12+,16-9+,17-15+. The number of aliphatic hydroxyl groups excluding tert-OH is 1. The average molecular weight is 300 g/mol. The summed E-state index contributed by atoms with van der Waals surface area (Å²) < 4.78 is 0. The van der Waals surface area contributed by atoms with Crippen LogP contribution in [0, 0.1) is 5.41 Å². The number of hydrogen-bond donors (Lipinski definition) is 1. The van der Waals surface area contributed by atoms with Gasteiger partial charge in [-0.15, -0.1) is 0 Å². The van der Waals surface area contributed by atoms with Gasteiger partial charge >= 0.3 is 0 Å². The minimum atomic E-state index is -0.391. The molecule has 1 nitrogen and oxygen atoms in total. The van der Waals surface area contributed by atoms with Crippen molar-refractivity contribution in [2.45, 2.75) is 66.9 Å². The lowest BCUT2D eigenvalue weighted by Crippen LogP contribution is -2.19. The van der Waals surface area contributed by atoms with Crippen molar-refractivity contribution < 1.29 is 5.11 Å². The fourth-order valence-corrected chi connectivity index (χ4v) is 3.07. The quantitative estimate of drug-likeness (QED) is 0.627. The summed E-state index contributed by atoms with van der Waals surface area (Å²) in [5.41, 5.74) is 5.65. The van der Waals surface area contributed by atoms with Gasteiger partial charge in [-0.3, -0.25) is 0 Å². The largest absolute Gasteiger partial charge is 0.389 e. The van der Waals surface area contributed by atoms with Crippen LogP contribution in [0.25, 0.3) is 0 Å². The first-order valence-electron chi connectivity index (χ1n) is 8.32. The third kappa shape index (κ3) is 6.19. The maximum Gasteiger partial charge on any atom is 0.0698 e. The number of allylic oxidation sites excluding steroid dienone is 9. The Balaban J connectivity index is 2.77. The van der Waals surface area contributed by atoms with Gasteiger partial charge in [-0.1, -0.05) is 67.0 Å². The number of rotatable bonds is 5. The molecule has 1 aliphatic carbocycles. The Kier molecular flexibility index (Phi) is 7.09. The zero-order valence-electron chi connectivity index (χ0n) is 15.1. The van der Waals surface area contributed by atoms with Gasteiger partial charge in [0.25, 0.3) is 0 Å². The molecular weight excluding hydrogens is 268 g/mol. The van der Waals surface area contributed by atoms with Gasteiger partial charge in [0.1, 0.15) is 0 Å². The van der Waals surface area contributed by atoms with Crippen LogP contribution in [-0.2, 0) is 0 Å². The second-order valence-corrected chi connectivity index (χ2v) is 7.19. The van der Waals surface area contributed by atoms with Gasteiger partial charge in [0.15, 0.2) is 0 Å². The summed E-state index contributed by atoms with van der Waals surface area (Å²) in [6.45, 7) is 12.9. The van der Waals surface area contributed by atoms with E-state index in [-0.39, 0.29) is 0 Å². The maximum atomic E-state index is 9.29. The molecule has 0 aromatic carbocycles. The summed E-state index contributed by atoms with van der Waals surface area (Å²) in [5, 5.41) is 9.29. The Morgan fingerprint density at radius 2 is 1.86 bits per heavy atom. The SMILES string of the molecule is CC1=C(/C=C/C(C)=C/C=C/C(C)=C/C(C)O)C(C)(C)CCC1. The molecule has 0 aliphatic heterocycles. The van der Waals surface area contributed by atoms with Gasteiger partial charge in [-0.2, -0.15) is 0 Å². The van der Waals surface area contributed by atoms with E-state index in [1.54, 1.807) is 6.92 Å². The minimum absolute atomic E-state index is 0.297. The molecule has 0 radical (unpaired) electrons. The summed E-state index contributed by atoms with van der Waals surface area (Å²) >= 11 is 0. The van der Waals surface area contributed by atoms with E-state index in [2.05, 4.69) is 45.9 Å². The van der Waals surface area contributed by atoms with Gasteiger partial charge in [-0.25, -0.2) is 0 Å². The van der Waals surface area contributed by atoms with Crippen molar-refractivity contribution in [2.24, 2.45) is 5.41 Å². The molecule has 22 heavy (non-hydrogen) atoms. The highest BCUT2D eigenvalue weighted by Gasteiger charge is 2.26. The van der Waals surface area contributed by atoms with E-state index >= 15 is 0 Å². The first-order valence-corrected chi connectivity index (χ1v) is 8.32. The highest BCUT2D eigenvalue weighted by atomic mass is 16.3. The highest BCUT2D eigenvalue weighted by Crippen LogP contribution is 2.40. The molecule has 1 unspecified atom stereocenters. The van der Waals surface area contributed by atoms with E-state index in [1.165, 1.54) is 36.0 Å². The fourth-order valence-electron chi connectivity index (χ4n) is 3.07. The van der Waals surface area contributed by atoms with E-state index in [1.807, 2.05) is 25.2 Å². The van der Waals surface area contributed by atoms with Gasteiger partial charge < -0.3 is 5.11 Å². The van der Waals surface area contributed by atoms with E-state index in [0.717, 1.165) is 5.57 Å². The molecule has 0 bridgehead atoms. The molecule has 0 aromatic heterocycles. The highest BCUT2D eigenvalue weighted by molar-refractivity contribution is 5.37. The monoisotopic (exact) mass is 300 g/mol. The van der Waals surface area contributed by atoms with Crippen molar-refractivity contribution in [3.8, 4) is 0 Å². The summed E-state index contributed by atoms with van der Waals surface area (Å²) in [4.78, 5) is 0. The summed E-state index contributed by atoms with van der Waals surface area (Å²) in [5.74, 6) is 0. The van der Waals surface area contributed by atoms with Crippen LogP contribution in [0.15, 0.2) is 58.7 Å². The van der Waals surface area contributed by atoms with E-state index < -0.39 is 6.10 Å². The molecule has 1 atom stereocenters. The zero-order chi connectivity index (χ0) is 16.8.